The molecule has 1 amide bonds. The molecular weight excluding hydrogens is 900 g/mol. The number of phosphoric acid groups is 1. The maximum Gasteiger partial charge on any atom is 0.268 e. The lowest BCUT2D eigenvalue weighted by molar-refractivity contribution is -0.870. The summed E-state index contributed by atoms with van der Waals surface area (Å²) in [4.78, 5) is 25.5. The first kappa shape index (κ1) is 67.9. The Kier molecular flexibility index (Phi) is 49.5. The van der Waals surface area contributed by atoms with E-state index in [1.54, 1.807) is 6.08 Å². The highest BCUT2D eigenvalue weighted by Crippen LogP contribution is 2.38. The predicted octanol–water partition coefficient (Wildman–Crippen LogP) is 16.7. The van der Waals surface area contributed by atoms with Crippen LogP contribution in [-0.4, -0.2) is 68.5 Å². The highest BCUT2D eigenvalue weighted by molar-refractivity contribution is 7.45. The van der Waals surface area contributed by atoms with Gasteiger partial charge in [0.15, 0.2) is 0 Å². The fourth-order valence-electron chi connectivity index (χ4n) is 7.48. The number of nitrogens with one attached hydrogen (secondary N) is 1. The standard InChI is InChI=1S/C62H107N2O6P/c1-6-8-10-12-14-16-18-20-22-24-26-28-29-30-31-32-33-34-35-36-38-40-42-44-46-48-50-52-54-56-62(66)63-60(59-70-71(67,68)69-58-57-64(3,4)5)61(65)55-53-51-49-47-45-43-41-39-37-27-25-23-21-19-17-15-13-11-9-7-2/h8,10,14,16,20,22,26,28,30-31,33-34,36,38,42,44-45,47,53,55,60-61,65H,6-7,9,11-13,15,17-19,21,23-25,27,29,32,35,37,39-41,43,46,48-52,54,56-59H2,1-5H3,(H-,63,66,67,68)/b10-8-,16-14-,22-20-,28-26-,31-30-,34-33-,38-36-,44-42-,47-45+,55-53+. The number of hydrogen-bond acceptors (Lipinski definition) is 6. The average molecular weight is 1010 g/mol. The number of quaternary nitrogens is 1. The van der Waals surface area contributed by atoms with Crippen molar-refractivity contribution in [3.63, 3.8) is 0 Å². The third-order valence-corrected chi connectivity index (χ3v) is 12.9. The van der Waals surface area contributed by atoms with Gasteiger partial charge < -0.3 is 28.8 Å². The van der Waals surface area contributed by atoms with Crippen molar-refractivity contribution in [2.24, 2.45) is 0 Å². The van der Waals surface area contributed by atoms with E-state index in [1.165, 1.54) is 89.9 Å². The van der Waals surface area contributed by atoms with E-state index in [9.17, 15) is 19.4 Å². The summed E-state index contributed by atoms with van der Waals surface area (Å²) in [5, 5.41) is 13.8. The Hall–Kier alpha value is -3.10. The Labute approximate surface area is 437 Å². The van der Waals surface area contributed by atoms with E-state index in [2.05, 4.69) is 129 Å². The highest BCUT2D eigenvalue weighted by atomic mass is 31.2. The first-order chi connectivity index (χ1) is 34.5. The zero-order chi connectivity index (χ0) is 52.0. The number of carbonyl (C=O) groups is 1. The number of phosphoric ester groups is 1. The molecule has 0 spiro atoms. The molecule has 3 unspecified atom stereocenters. The molecule has 0 aliphatic rings. The second kappa shape index (κ2) is 51.8. The first-order valence-corrected chi connectivity index (χ1v) is 29.9. The van der Waals surface area contributed by atoms with Crippen molar-refractivity contribution in [1.29, 1.82) is 0 Å². The lowest BCUT2D eigenvalue weighted by atomic mass is 10.0. The number of rotatable bonds is 50. The van der Waals surface area contributed by atoms with Crippen molar-refractivity contribution >= 4 is 13.7 Å². The molecule has 0 saturated heterocycles. The molecule has 3 atom stereocenters. The SMILES string of the molecule is CC/C=C\C/C=C\C/C=C\C/C=C\C/C=C\C/C=C\C/C=C\C/C=C\CCCCCCC(=O)NC(COP(=O)([O-])OCC[N+](C)(C)C)C(O)/C=C/CC/C=C/CCCCCCCCCCCCCCCC. The van der Waals surface area contributed by atoms with Crippen LogP contribution in [0.15, 0.2) is 122 Å². The van der Waals surface area contributed by atoms with Gasteiger partial charge in [0.2, 0.25) is 5.91 Å². The minimum Gasteiger partial charge on any atom is -0.756 e. The molecule has 0 radical (unpaired) electrons. The van der Waals surface area contributed by atoms with Gasteiger partial charge in [-0.2, -0.15) is 0 Å². The van der Waals surface area contributed by atoms with Crippen LogP contribution in [-0.2, 0) is 18.4 Å². The van der Waals surface area contributed by atoms with Crippen LogP contribution in [0.25, 0.3) is 0 Å². The van der Waals surface area contributed by atoms with Gasteiger partial charge in [-0.3, -0.25) is 9.36 Å². The van der Waals surface area contributed by atoms with E-state index in [1.807, 2.05) is 27.2 Å². The number of unbranched alkanes of at least 4 members (excludes halogenated alkanes) is 19. The van der Waals surface area contributed by atoms with Crippen LogP contribution in [0.5, 0.6) is 0 Å². The maximum atomic E-state index is 13.0. The molecule has 0 aliphatic carbocycles. The molecule has 71 heavy (non-hydrogen) atoms. The quantitative estimate of drug-likeness (QED) is 0.0272. The summed E-state index contributed by atoms with van der Waals surface area (Å²) in [6.07, 6.45) is 77.0. The molecular formula is C62H107N2O6P. The number of allylic oxidation sites excluding steroid dienone is 19. The molecule has 0 bridgehead atoms. The number of amides is 1. The minimum absolute atomic E-state index is 0.0186. The molecule has 0 aliphatic heterocycles. The lowest BCUT2D eigenvalue weighted by Gasteiger charge is -2.29. The van der Waals surface area contributed by atoms with Gasteiger partial charge >= 0.3 is 0 Å². The first-order valence-electron chi connectivity index (χ1n) is 28.4. The molecule has 406 valence electrons. The minimum atomic E-state index is -4.62. The van der Waals surface area contributed by atoms with Gasteiger partial charge in [0.25, 0.3) is 7.82 Å². The van der Waals surface area contributed by atoms with Crippen LogP contribution >= 0.6 is 7.82 Å². The van der Waals surface area contributed by atoms with Gasteiger partial charge in [0.05, 0.1) is 39.9 Å². The molecule has 9 heteroatoms. The Morgan fingerprint density at radius 1 is 0.507 bits per heavy atom. The summed E-state index contributed by atoms with van der Waals surface area (Å²) in [5.74, 6) is -0.236. The monoisotopic (exact) mass is 1010 g/mol. The molecule has 2 N–H and O–H groups in total. The predicted molar refractivity (Wildman–Crippen MR) is 306 cm³/mol. The van der Waals surface area contributed by atoms with Crippen molar-refractivity contribution in [3.05, 3.63) is 122 Å². The summed E-state index contributed by atoms with van der Waals surface area (Å²) in [6, 6.07) is -0.927. The smallest absolute Gasteiger partial charge is 0.268 e. The van der Waals surface area contributed by atoms with Gasteiger partial charge in [0.1, 0.15) is 13.2 Å². The molecule has 0 fully saturated rings. The second-order valence-corrected chi connectivity index (χ2v) is 21.3. The zero-order valence-corrected chi connectivity index (χ0v) is 47.0. The van der Waals surface area contributed by atoms with Crippen molar-refractivity contribution in [2.45, 2.75) is 225 Å². The summed E-state index contributed by atoms with van der Waals surface area (Å²) in [7, 11) is 1.21. The molecule has 0 aromatic heterocycles. The van der Waals surface area contributed by atoms with Crippen LogP contribution in [0.2, 0.25) is 0 Å². The third kappa shape index (κ3) is 54.5. The van der Waals surface area contributed by atoms with E-state index in [0.717, 1.165) is 96.3 Å². The summed E-state index contributed by atoms with van der Waals surface area (Å²) < 4.78 is 23.3. The van der Waals surface area contributed by atoms with Crippen LogP contribution in [0, 0.1) is 0 Å². The van der Waals surface area contributed by atoms with E-state index < -0.39 is 26.6 Å². The second-order valence-electron chi connectivity index (χ2n) is 19.9. The summed E-state index contributed by atoms with van der Waals surface area (Å²) in [5.41, 5.74) is 0. The molecule has 8 nitrogen and oxygen atoms in total. The number of aliphatic hydroxyl groups is 1. The summed E-state index contributed by atoms with van der Waals surface area (Å²) >= 11 is 0. The van der Waals surface area contributed by atoms with Crippen molar-refractivity contribution in [1.82, 2.24) is 5.32 Å². The van der Waals surface area contributed by atoms with Gasteiger partial charge in [-0.05, 0) is 96.3 Å². The van der Waals surface area contributed by atoms with Crippen LogP contribution in [0.4, 0.5) is 0 Å². The van der Waals surface area contributed by atoms with Crippen molar-refractivity contribution in [3.8, 4) is 0 Å². The van der Waals surface area contributed by atoms with Gasteiger partial charge in [-0.25, -0.2) is 0 Å². The number of nitrogens with zero attached hydrogens (tertiary/aromatic N) is 1. The largest absolute Gasteiger partial charge is 0.756 e. The fraction of sp³-hybridized carbons (Fsp3) is 0.661. The van der Waals surface area contributed by atoms with E-state index in [0.29, 0.717) is 23.9 Å². The van der Waals surface area contributed by atoms with Gasteiger partial charge in [0, 0.05) is 6.42 Å². The Morgan fingerprint density at radius 2 is 0.873 bits per heavy atom. The maximum absolute atomic E-state index is 13.0. The topological polar surface area (TPSA) is 108 Å². The fourth-order valence-corrected chi connectivity index (χ4v) is 8.20. The molecule has 0 saturated carbocycles. The van der Waals surface area contributed by atoms with Crippen LogP contribution in [0.1, 0.15) is 213 Å². The van der Waals surface area contributed by atoms with E-state index in [-0.39, 0.29) is 12.5 Å². The normalized spacial score (nSPS) is 14.9. The zero-order valence-electron chi connectivity index (χ0n) is 46.1. The molecule has 0 rings (SSSR count). The number of carbonyl (C=O) groups excluding carboxylic acids is 1. The van der Waals surface area contributed by atoms with Crippen LogP contribution in [0.3, 0.4) is 0 Å². The van der Waals surface area contributed by atoms with Crippen molar-refractivity contribution in [2.75, 3.05) is 40.9 Å². The van der Waals surface area contributed by atoms with Crippen molar-refractivity contribution < 1.29 is 32.9 Å². The van der Waals surface area contributed by atoms with E-state index >= 15 is 0 Å². The Bertz CT molecular complexity index is 1560. The Balaban J connectivity index is 4.38. The molecule has 0 aromatic rings. The molecule has 0 heterocycles. The molecule has 0 aromatic carbocycles. The van der Waals surface area contributed by atoms with Crippen LogP contribution < -0.4 is 10.2 Å². The van der Waals surface area contributed by atoms with Gasteiger partial charge in [-0.15, -0.1) is 0 Å². The average Bonchev–Trinajstić information content (AvgIpc) is 3.33. The van der Waals surface area contributed by atoms with E-state index in [4.69, 9.17) is 9.05 Å². The Morgan fingerprint density at radius 3 is 1.31 bits per heavy atom. The summed E-state index contributed by atoms with van der Waals surface area (Å²) in [6.45, 7) is 4.48. The third-order valence-electron chi connectivity index (χ3n) is 11.9. The van der Waals surface area contributed by atoms with Gasteiger partial charge in [-0.1, -0.05) is 232 Å². The lowest BCUT2D eigenvalue weighted by Crippen LogP contribution is -2.45. The number of likely N-dealkylation sites (N-methyl/N-ethyl adjacent to an activating group) is 1. The number of aliphatic hydroxyl groups excluding tert-OH is 1. The highest BCUT2D eigenvalue weighted by Gasteiger charge is 2.23. The number of hydrogen-bond donors (Lipinski definition) is 2.